The zero-order valence-electron chi connectivity index (χ0n) is 9.66. The molecule has 4 nitrogen and oxygen atoms in total. The zero-order valence-corrected chi connectivity index (χ0v) is 10.5. The number of hydrogen-bond donors (Lipinski definition) is 2. The molecule has 0 saturated heterocycles. The van der Waals surface area contributed by atoms with E-state index in [0.29, 0.717) is 5.41 Å². The monoisotopic (exact) mass is 241 g/mol. The first-order valence-electron chi connectivity index (χ1n) is 5.84. The molecule has 5 heteroatoms. The van der Waals surface area contributed by atoms with Crippen LogP contribution in [-0.2, 0) is 4.79 Å². The molecule has 0 aromatic carbocycles. The highest BCUT2D eigenvalue weighted by Crippen LogP contribution is 2.43. The first-order chi connectivity index (χ1) is 7.61. The van der Waals surface area contributed by atoms with Gasteiger partial charge in [0.15, 0.2) is 5.17 Å². The lowest BCUT2D eigenvalue weighted by molar-refractivity contribution is -0.119. The van der Waals surface area contributed by atoms with E-state index in [1.165, 1.54) is 25.7 Å². The largest absolute Gasteiger partial charge is 0.368 e. The van der Waals surface area contributed by atoms with Gasteiger partial charge in [-0.1, -0.05) is 24.6 Å². The van der Waals surface area contributed by atoms with E-state index in [0.717, 1.165) is 17.5 Å². The van der Waals surface area contributed by atoms with Crippen molar-refractivity contribution in [1.82, 2.24) is 5.32 Å². The number of aliphatic imine (C=N–C) groups is 1. The number of amidine groups is 1. The van der Waals surface area contributed by atoms with Gasteiger partial charge in [-0.3, -0.25) is 9.79 Å². The van der Waals surface area contributed by atoms with Gasteiger partial charge in [0.2, 0.25) is 5.91 Å². The molecule has 2 aliphatic rings. The number of carbonyl (C=O) groups excluding carboxylic acids is 1. The van der Waals surface area contributed by atoms with Gasteiger partial charge in [-0.15, -0.1) is 0 Å². The molecule has 1 aliphatic heterocycles. The average molecular weight is 241 g/mol. The van der Waals surface area contributed by atoms with E-state index in [4.69, 9.17) is 5.73 Å². The van der Waals surface area contributed by atoms with Crippen molar-refractivity contribution >= 4 is 22.8 Å². The maximum Gasteiger partial charge on any atom is 0.239 e. The zero-order chi connectivity index (χ0) is 11.6. The maximum absolute atomic E-state index is 10.9. The number of rotatable bonds is 2. The first-order valence-corrected chi connectivity index (χ1v) is 6.83. The molecular weight excluding hydrogens is 222 g/mol. The Kier molecular flexibility index (Phi) is 3.42. The van der Waals surface area contributed by atoms with E-state index in [2.05, 4.69) is 10.3 Å². The lowest BCUT2D eigenvalue weighted by Crippen LogP contribution is -2.43. The summed E-state index contributed by atoms with van der Waals surface area (Å²) in [6.45, 7) is 2.68. The van der Waals surface area contributed by atoms with Crippen molar-refractivity contribution in [2.75, 3.05) is 12.3 Å². The lowest BCUT2D eigenvalue weighted by atomic mass is 9.89. The van der Waals surface area contributed by atoms with Crippen LogP contribution in [0, 0.1) is 5.41 Å². The van der Waals surface area contributed by atoms with Gasteiger partial charge in [0.1, 0.15) is 6.04 Å². The fourth-order valence-corrected chi connectivity index (χ4v) is 3.56. The first kappa shape index (κ1) is 11.8. The molecule has 1 amide bonds. The minimum absolute atomic E-state index is 0.329. The van der Waals surface area contributed by atoms with Crippen LogP contribution in [0.25, 0.3) is 0 Å². The van der Waals surface area contributed by atoms with Crippen molar-refractivity contribution in [2.45, 2.75) is 38.6 Å². The highest BCUT2D eigenvalue weighted by Gasteiger charge is 2.36. The van der Waals surface area contributed by atoms with Crippen molar-refractivity contribution < 1.29 is 4.79 Å². The van der Waals surface area contributed by atoms with Gasteiger partial charge in [0, 0.05) is 12.3 Å². The summed E-state index contributed by atoms with van der Waals surface area (Å²) in [7, 11) is 0. The molecule has 0 bridgehead atoms. The van der Waals surface area contributed by atoms with Crippen molar-refractivity contribution in [3.63, 3.8) is 0 Å². The van der Waals surface area contributed by atoms with Gasteiger partial charge in [-0.25, -0.2) is 0 Å². The fourth-order valence-electron chi connectivity index (χ4n) is 2.32. The van der Waals surface area contributed by atoms with E-state index in [-0.39, 0.29) is 11.9 Å². The number of nitrogens with two attached hydrogens (primary N) is 1. The quantitative estimate of drug-likeness (QED) is 0.761. The standard InChI is InChI=1S/C11H19N3OS/c1-8(9(12)15)14-10-13-6-11(7-16-10)4-2-3-5-11/h8H,2-7H2,1H3,(H2,12,15)(H,13,14). The lowest BCUT2D eigenvalue weighted by Gasteiger charge is -2.31. The van der Waals surface area contributed by atoms with Gasteiger partial charge < -0.3 is 11.1 Å². The van der Waals surface area contributed by atoms with Crippen molar-refractivity contribution in [1.29, 1.82) is 0 Å². The van der Waals surface area contributed by atoms with Crippen LogP contribution in [-0.4, -0.2) is 29.4 Å². The third kappa shape index (κ3) is 2.51. The second kappa shape index (κ2) is 4.65. The SMILES string of the molecule is CC(NC1=NCC2(CCCC2)CS1)C(N)=O. The summed E-state index contributed by atoms with van der Waals surface area (Å²) >= 11 is 1.74. The van der Waals surface area contributed by atoms with E-state index < -0.39 is 0 Å². The average Bonchev–Trinajstić information content (AvgIpc) is 2.70. The van der Waals surface area contributed by atoms with Crippen LogP contribution >= 0.6 is 11.8 Å². The Morgan fingerprint density at radius 1 is 1.56 bits per heavy atom. The van der Waals surface area contributed by atoms with E-state index in [1.807, 2.05) is 0 Å². The van der Waals surface area contributed by atoms with Gasteiger partial charge in [-0.05, 0) is 25.2 Å². The van der Waals surface area contributed by atoms with Crippen LogP contribution in [0.3, 0.4) is 0 Å². The number of primary amides is 1. The molecule has 0 aromatic heterocycles. The molecule has 1 heterocycles. The summed E-state index contributed by atoms with van der Waals surface area (Å²) in [6.07, 6.45) is 5.30. The summed E-state index contributed by atoms with van der Waals surface area (Å²) in [5.74, 6) is 0.800. The Balaban J connectivity index is 1.90. The smallest absolute Gasteiger partial charge is 0.239 e. The number of nitrogens with zero attached hydrogens (tertiary/aromatic N) is 1. The van der Waals surface area contributed by atoms with Crippen LogP contribution in [0.5, 0.6) is 0 Å². The number of nitrogens with one attached hydrogen (secondary N) is 1. The highest BCUT2D eigenvalue weighted by molar-refractivity contribution is 8.13. The fraction of sp³-hybridized carbons (Fsp3) is 0.818. The number of amides is 1. The van der Waals surface area contributed by atoms with Crippen LogP contribution in [0.15, 0.2) is 4.99 Å². The molecule has 1 fully saturated rings. The third-order valence-electron chi connectivity index (χ3n) is 3.50. The van der Waals surface area contributed by atoms with Gasteiger partial charge in [0.05, 0.1) is 0 Å². The van der Waals surface area contributed by atoms with Crippen LogP contribution in [0.2, 0.25) is 0 Å². The van der Waals surface area contributed by atoms with Crippen molar-refractivity contribution in [2.24, 2.45) is 16.1 Å². The molecule has 1 atom stereocenters. The van der Waals surface area contributed by atoms with Crippen molar-refractivity contribution in [3.05, 3.63) is 0 Å². The van der Waals surface area contributed by atoms with Crippen LogP contribution in [0.4, 0.5) is 0 Å². The highest BCUT2D eigenvalue weighted by atomic mass is 32.2. The molecule has 1 aliphatic carbocycles. The van der Waals surface area contributed by atoms with Crippen molar-refractivity contribution in [3.8, 4) is 0 Å². The third-order valence-corrected chi connectivity index (χ3v) is 4.78. The molecule has 1 spiro atoms. The number of carbonyl (C=O) groups is 1. The molecule has 0 aromatic rings. The minimum atomic E-state index is -0.330. The van der Waals surface area contributed by atoms with Crippen LogP contribution < -0.4 is 11.1 Å². The summed E-state index contributed by atoms with van der Waals surface area (Å²) in [6, 6.07) is -0.330. The Labute approximate surface area is 100 Å². The topological polar surface area (TPSA) is 67.5 Å². The van der Waals surface area contributed by atoms with Crippen LogP contribution in [0.1, 0.15) is 32.6 Å². The summed E-state index contributed by atoms with van der Waals surface area (Å²) in [5, 5.41) is 3.94. The Morgan fingerprint density at radius 2 is 2.25 bits per heavy atom. The molecule has 1 unspecified atom stereocenters. The predicted molar refractivity (Wildman–Crippen MR) is 67.5 cm³/mol. The second-order valence-electron chi connectivity index (χ2n) is 4.89. The van der Waals surface area contributed by atoms with E-state index >= 15 is 0 Å². The predicted octanol–water partition coefficient (Wildman–Crippen LogP) is 1.11. The summed E-state index contributed by atoms with van der Waals surface area (Å²) in [5.41, 5.74) is 5.65. The molecule has 16 heavy (non-hydrogen) atoms. The molecular formula is C11H19N3OS. The normalized spacial score (nSPS) is 25.2. The Bertz CT molecular complexity index is 310. The molecule has 0 radical (unpaired) electrons. The molecule has 2 rings (SSSR count). The van der Waals surface area contributed by atoms with E-state index in [9.17, 15) is 4.79 Å². The summed E-state index contributed by atoms with van der Waals surface area (Å²) < 4.78 is 0. The minimum Gasteiger partial charge on any atom is -0.368 e. The molecule has 1 saturated carbocycles. The van der Waals surface area contributed by atoms with E-state index in [1.54, 1.807) is 18.7 Å². The Hall–Kier alpha value is -0.710. The maximum atomic E-state index is 10.9. The Morgan fingerprint density at radius 3 is 2.75 bits per heavy atom. The van der Waals surface area contributed by atoms with Gasteiger partial charge in [-0.2, -0.15) is 0 Å². The number of hydrogen-bond acceptors (Lipinski definition) is 4. The number of thioether (sulfide) groups is 1. The summed E-state index contributed by atoms with van der Waals surface area (Å²) in [4.78, 5) is 15.5. The van der Waals surface area contributed by atoms with Gasteiger partial charge >= 0.3 is 0 Å². The van der Waals surface area contributed by atoms with Gasteiger partial charge in [0.25, 0.3) is 0 Å². The molecule has 3 N–H and O–H groups in total. The second-order valence-corrected chi connectivity index (χ2v) is 5.85. The molecule has 90 valence electrons.